The first-order valence-electron chi connectivity index (χ1n) is 8.93. The van der Waals surface area contributed by atoms with E-state index >= 15 is 0 Å². The number of carbonyl (C=O) groups excluding carboxylic acids is 1. The highest BCUT2D eigenvalue weighted by molar-refractivity contribution is 7.99. The van der Waals surface area contributed by atoms with E-state index in [-0.39, 0.29) is 16.6 Å². The summed E-state index contributed by atoms with van der Waals surface area (Å²) in [6.45, 7) is 3.05. The van der Waals surface area contributed by atoms with Crippen LogP contribution in [0.25, 0.3) is 0 Å². The fourth-order valence-corrected chi connectivity index (χ4v) is 5.03. The number of rotatable bonds is 7. The van der Waals surface area contributed by atoms with Gasteiger partial charge < -0.3 is 10.1 Å². The number of nitrogens with one attached hydrogen (secondary N) is 1. The molecule has 0 radical (unpaired) electrons. The van der Waals surface area contributed by atoms with Gasteiger partial charge in [-0.15, -0.1) is 0 Å². The number of thioether (sulfide) groups is 1. The van der Waals surface area contributed by atoms with E-state index in [0.29, 0.717) is 29.6 Å². The minimum Gasteiger partial charge on any atom is -0.495 e. The Morgan fingerprint density at radius 3 is 2.64 bits per heavy atom. The smallest absolute Gasteiger partial charge is 0.244 e. The molecule has 1 saturated heterocycles. The highest BCUT2D eigenvalue weighted by Gasteiger charge is 2.27. The van der Waals surface area contributed by atoms with E-state index in [1.165, 1.54) is 22.3 Å². The first-order valence-corrected chi connectivity index (χ1v) is 11.4. The van der Waals surface area contributed by atoms with Crippen LogP contribution in [0.15, 0.2) is 46.5 Å². The standard InChI is InChI=1S/C19H23N3O4S2/c1-14-5-7-17(26-2)16(11-14)21-18(23)13-27-19-8-6-15(12-20-19)28(24,25)22-9-3-4-10-22/h5-8,11-12H,3-4,9-10,13H2,1-2H3,(H,21,23). The van der Waals surface area contributed by atoms with Crippen molar-refractivity contribution in [2.45, 2.75) is 29.7 Å². The van der Waals surface area contributed by atoms with E-state index in [1.807, 2.05) is 19.1 Å². The topological polar surface area (TPSA) is 88.6 Å². The Balaban J connectivity index is 1.59. The van der Waals surface area contributed by atoms with Gasteiger partial charge >= 0.3 is 0 Å². The third-order valence-corrected chi connectivity index (χ3v) is 7.22. The molecule has 0 bridgehead atoms. The fourth-order valence-electron chi connectivity index (χ4n) is 2.93. The number of anilines is 1. The number of sulfonamides is 1. The van der Waals surface area contributed by atoms with Crippen molar-refractivity contribution in [3.63, 3.8) is 0 Å². The van der Waals surface area contributed by atoms with Gasteiger partial charge in [0.2, 0.25) is 15.9 Å². The van der Waals surface area contributed by atoms with Crippen LogP contribution in [0.5, 0.6) is 5.75 Å². The van der Waals surface area contributed by atoms with Crippen LogP contribution in [0.4, 0.5) is 5.69 Å². The number of hydrogen-bond donors (Lipinski definition) is 1. The maximum absolute atomic E-state index is 12.5. The van der Waals surface area contributed by atoms with E-state index in [4.69, 9.17) is 4.74 Å². The lowest BCUT2D eigenvalue weighted by Gasteiger charge is -2.15. The molecule has 0 aliphatic carbocycles. The van der Waals surface area contributed by atoms with Crippen LogP contribution < -0.4 is 10.1 Å². The van der Waals surface area contributed by atoms with Crippen molar-refractivity contribution in [3.05, 3.63) is 42.1 Å². The van der Waals surface area contributed by atoms with Crippen LogP contribution in [-0.4, -0.2) is 49.6 Å². The lowest BCUT2D eigenvalue weighted by atomic mass is 10.2. The largest absolute Gasteiger partial charge is 0.495 e. The number of nitrogens with zero attached hydrogens (tertiary/aromatic N) is 2. The molecule has 1 aliphatic rings. The van der Waals surface area contributed by atoms with Crippen molar-refractivity contribution in [1.29, 1.82) is 0 Å². The van der Waals surface area contributed by atoms with Crippen molar-refractivity contribution in [1.82, 2.24) is 9.29 Å². The molecule has 150 valence electrons. The molecule has 0 spiro atoms. The number of ether oxygens (including phenoxy) is 1. The Morgan fingerprint density at radius 2 is 2.00 bits per heavy atom. The molecular formula is C19H23N3O4S2. The summed E-state index contributed by atoms with van der Waals surface area (Å²) >= 11 is 1.24. The van der Waals surface area contributed by atoms with Crippen molar-refractivity contribution >= 4 is 33.4 Å². The van der Waals surface area contributed by atoms with Gasteiger partial charge in [-0.3, -0.25) is 4.79 Å². The molecule has 2 heterocycles. The molecule has 7 nitrogen and oxygen atoms in total. The van der Waals surface area contributed by atoms with E-state index < -0.39 is 10.0 Å². The SMILES string of the molecule is COc1ccc(C)cc1NC(=O)CSc1ccc(S(=O)(=O)N2CCCC2)cn1. The highest BCUT2D eigenvalue weighted by atomic mass is 32.2. The Bertz CT molecular complexity index is 940. The monoisotopic (exact) mass is 421 g/mol. The molecule has 9 heteroatoms. The zero-order chi connectivity index (χ0) is 20.1. The Morgan fingerprint density at radius 1 is 1.25 bits per heavy atom. The molecule has 1 aliphatic heterocycles. The van der Waals surface area contributed by atoms with Crippen LogP contribution in [0.3, 0.4) is 0 Å². The van der Waals surface area contributed by atoms with Crippen LogP contribution in [0.2, 0.25) is 0 Å². The molecule has 1 fully saturated rings. The number of methoxy groups -OCH3 is 1. The maximum Gasteiger partial charge on any atom is 0.244 e. The summed E-state index contributed by atoms with van der Waals surface area (Å²) in [4.78, 5) is 16.6. The van der Waals surface area contributed by atoms with Gasteiger partial charge in [0.25, 0.3) is 0 Å². The molecule has 28 heavy (non-hydrogen) atoms. The normalized spacial score (nSPS) is 14.8. The fraction of sp³-hybridized carbons (Fsp3) is 0.368. The zero-order valence-electron chi connectivity index (χ0n) is 15.8. The van der Waals surface area contributed by atoms with Crippen LogP contribution in [0, 0.1) is 6.92 Å². The lowest BCUT2D eigenvalue weighted by Crippen LogP contribution is -2.27. The summed E-state index contributed by atoms with van der Waals surface area (Å²) in [7, 11) is -1.92. The minimum atomic E-state index is -3.47. The Hall–Kier alpha value is -2.10. The predicted octanol–water partition coefficient (Wildman–Crippen LogP) is 2.91. The molecule has 1 aromatic heterocycles. The molecule has 0 saturated carbocycles. The maximum atomic E-state index is 12.5. The predicted molar refractivity (Wildman–Crippen MR) is 109 cm³/mol. The van der Waals surface area contributed by atoms with Gasteiger partial charge in [-0.25, -0.2) is 13.4 Å². The second-order valence-corrected chi connectivity index (χ2v) is 9.42. The van der Waals surface area contributed by atoms with Crippen LogP contribution in [-0.2, 0) is 14.8 Å². The minimum absolute atomic E-state index is 0.155. The van der Waals surface area contributed by atoms with Crippen LogP contribution in [0.1, 0.15) is 18.4 Å². The number of carbonyl (C=O) groups is 1. The summed E-state index contributed by atoms with van der Waals surface area (Å²) in [5.41, 5.74) is 1.63. The molecule has 1 N–H and O–H groups in total. The van der Waals surface area contributed by atoms with Gasteiger partial charge in [0.15, 0.2) is 0 Å². The second kappa shape index (κ2) is 8.93. The van der Waals surface area contributed by atoms with Gasteiger partial charge in [0.05, 0.1) is 23.6 Å². The first kappa shape index (κ1) is 20.6. The van der Waals surface area contributed by atoms with Crippen molar-refractivity contribution in [3.8, 4) is 5.75 Å². The molecule has 1 amide bonds. The van der Waals surface area contributed by atoms with E-state index in [0.717, 1.165) is 18.4 Å². The van der Waals surface area contributed by atoms with Gasteiger partial charge in [-0.2, -0.15) is 4.31 Å². The van der Waals surface area contributed by atoms with Gasteiger partial charge in [0, 0.05) is 19.3 Å². The second-order valence-electron chi connectivity index (χ2n) is 6.48. The summed E-state index contributed by atoms with van der Waals surface area (Å²) in [5, 5.41) is 3.42. The number of benzene rings is 1. The Labute approximate surface area is 169 Å². The average molecular weight is 422 g/mol. The first-order chi connectivity index (χ1) is 13.4. The molecule has 2 aromatic rings. The molecule has 1 aromatic carbocycles. The van der Waals surface area contributed by atoms with E-state index in [9.17, 15) is 13.2 Å². The van der Waals surface area contributed by atoms with Crippen LogP contribution >= 0.6 is 11.8 Å². The summed E-state index contributed by atoms with van der Waals surface area (Å²) in [6, 6.07) is 8.74. The van der Waals surface area contributed by atoms with Gasteiger partial charge in [0.1, 0.15) is 10.6 Å². The summed E-state index contributed by atoms with van der Waals surface area (Å²) in [6.07, 6.45) is 3.14. The van der Waals surface area contributed by atoms with E-state index in [2.05, 4.69) is 10.3 Å². The number of aromatic nitrogens is 1. The third kappa shape index (κ3) is 4.84. The van der Waals surface area contributed by atoms with Gasteiger partial charge in [-0.05, 0) is 49.6 Å². The molecule has 0 atom stereocenters. The molecule has 0 unspecified atom stereocenters. The molecule has 3 rings (SSSR count). The highest BCUT2D eigenvalue weighted by Crippen LogP contribution is 2.26. The molecular weight excluding hydrogens is 398 g/mol. The summed E-state index contributed by atoms with van der Waals surface area (Å²) < 4.78 is 31.8. The van der Waals surface area contributed by atoms with Gasteiger partial charge in [-0.1, -0.05) is 17.8 Å². The quantitative estimate of drug-likeness (QED) is 0.692. The van der Waals surface area contributed by atoms with Crippen molar-refractivity contribution in [2.75, 3.05) is 31.3 Å². The van der Waals surface area contributed by atoms with Crippen molar-refractivity contribution in [2.24, 2.45) is 0 Å². The summed E-state index contributed by atoms with van der Waals surface area (Å²) in [5.74, 6) is 0.561. The third-order valence-electron chi connectivity index (χ3n) is 4.39. The number of pyridine rings is 1. The van der Waals surface area contributed by atoms with E-state index in [1.54, 1.807) is 25.3 Å². The number of hydrogen-bond acceptors (Lipinski definition) is 6. The average Bonchev–Trinajstić information content (AvgIpc) is 3.23. The lowest BCUT2D eigenvalue weighted by molar-refractivity contribution is -0.113. The number of aryl methyl sites for hydroxylation is 1. The van der Waals surface area contributed by atoms with Crippen molar-refractivity contribution < 1.29 is 17.9 Å². The number of amides is 1. The zero-order valence-corrected chi connectivity index (χ0v) is 17.5. The Kier molecular flexibility index (Phi) is 6.58.